The highest BCUT2D eigenvalue weighted by atomic mass is 16.5. The third-order valence-electron chi connectivity index (χ3n) is 4.65. The van der Waals surface area contributed by atoms with E-state index in [2.05, 4.69) is 9.80 Å². The number of hydrogen-bond acceptors (Lipinski definition) is 5. The Morgan fingerprint density at radius 3 is 2.52 bits per heavy atom. The number of likely N-dealkylation sites (tertiary alicyclic amines) is 1. The van der Waals surface area contributed by atoms with Crippen molar-refractivity contribution >= 4 is 0 Å². The van der Waals surface area contributed by atoms with E-state index in [4.69, 9.17) is 9.47 Å². The molecule has 124 valence electrons. The van der Waals surface area contributed by atoms with E-state index >= 15 is 0 Å². The SMILES string of the molecule is CCOC[C@H](O)CN1CCC(CCN2CCOCC2)CC1. The number of hydrogen-bond donors (Lipinski definition) is 1. The Balaban J connectivity index is 1.55. The van der Waals surface area contributed by atoms with Crippen LogP contribution in [0.15, 0.2) is 0 Å². The fourth-order valence-electron chi connectivity index (χ4n) is 3.25. The molecule has 0 aromatic rings. The summed E-state index contributed by atoms with van der Waals surface area (Å²) in [6.07, 6.45) is 3.52. The monoisotopic (exact) mass is 300 g/mol. The second kappa shape index (κ2) is 9.74. The zero-order valence-electron chi connectivity index (χ0n) is 13.5. The molecule has 5 heteroatoms. The van der Waals surface area contributed by atoms with E-state index in [0.29, 0.717) is 13.2 Å². The first-order chi connectivity index (χ1) is 10.3. The molecule has 1 atom stereocenters. The molecule has 2 rings (SSSR count). The summed E-state index contributed by atoms with van der Waals surface area (Å²) >= 11 is 0. The van der Waals surface area contributed by atoms with Gasteiger partial charge in [-0.1, -0.05) is 0 Å². The second-order valence-corrected chi connectivity index (χ2v) is 6.30. The zero-order chi connectivity index (χ0) is 14.9. The maximum Gasteiger partial charge on any atom is 0.0900 e. The predicted octanol–water partition coefficient (Wildman–Crippen LogP) is 0.818. The third-order valence-corrected chi connectivity index (χ3v) is 4.65. The van der Waals surface area contributed by atoms with Crippen LogP contribution in [0.25, 0.3) is 0 Å². The van der Waals surface area contributed by atoms with Crippen LogP contribution in [-0.2, 0) is 9.47 Å². The third kappa shape index (κ3) is 6.61. The highest BCUT2D eigenvalue weighted by Crippen LogP contribution is 2.21. The van der Waals surface area contributed by atoms with Crippen molar-refractivity contribution in [2.75, 3.05) is 65.7 Å². The average Bonchev–Trinajstić information content (AvgIpc) is 2.53. The van der Waals surface area contributed by atoms with Crippen LogP contribution >= 0.6 is 0 Å². The highest BCUT2D eigenvalue weighted by molar-refractivity contribution is 4.76. The molecule has 0 spiro atoms. The fourth-order valence-corrected chi connectivity index (χ4v) is 3.25. The van der Waals surface area contributed by atoms with Gasteiger partial charge in [-0.25, -0.2) is 0 Å². The second-order valence-electron chi connectivity index (χ2n) is 6.30. The number of aliphatic hydroxyl groups is 1. The Hall–Kier alpha value is -0.200. The molecular formula is C16H32N2O3. The first kappa shape index (κ1) is 17.2. The van der Waals surface area contributed by atoms with Crippen LogP contribution in [0.3, 0.4) is 0 Å². The molecule has 0 aromatic heterocycles. The number of morpholine rings is 1. The van der Waals surface area contributed by atoms with E-state index < -0.39 is 0 Å². The maximum atomic E-state index is 9.89. The first-order valence-electron chi connectivity index (χ1n) is 8.56. The molecule has 0 aromatic carbocycles. The number of aliphatic hydroxyl groups excluding tert-OH is 1. The van der Waals surface area contributed by atoms with Gasteiger partial charge in [-0.3, -0.25) is 4.90 Å². The molecule has 1 N–H and O–H groups in total. The summed E-state index contributed by atoms with van der Waals surface area (Å²) in [7, 11) is 0. The smallest absolute Gasteiger partial charge is 0.0900 e. The predicted molar refractivity (Wildman–Crippen MR) is 83.5 cm³/mol. The van der Waals surface area contributed by atoms with Gasteiger partial charge >= 0.3 is 0 Å². The lowest BCUT2D eigenvalue weighted by atomic mass is 9.93. The minimum atomic E-state index is -0.338. The maximum absolute atomic E-state index is 9.89. The minimum Gasteiger partial charge on any atom is -0.389 e. The van der Waals surface area contributed by atoms with E-state index in [1.807, 2.05) is 6.92 Å². The number of β-amino-alcohol motifs (C(OH)–C–C–N with tert-alkyl or cyclic N) is 1. The summed E-state index contributed by atoms with van der Waals surface area (Å²) in [4.78, 5) is 4.91. The molecule has 5 nitrogen and oxygen atoms in total. The minimum absolute atomic E-state index is 0.338. The van der Waals surface area contributed by atoms with Crippen molar-refractivity contribution in [1.29, 1.82) is 0 Å². The Morgan fingerprint density at radius 2 is 1.86 bits per heavy atom. The van der Waals surface area contributed by atoms with Gasteiger partial charge in [0.25, 0.3) is 0 Å². The molecule has 2 heterocycles. The van der Waals surface area contributed by atoms with Crippen LogP contribution in [0, 0.1) is 5.92 Å². The quantitative estimate of drug-likeness (QED) is 0.719. The fraction of sp³-hybridized carbons (Fsp3) is 1.00. The number of rotatable bonds is 8. The molecule has 21 heavy (non-hydrogen) atoms. The zero-order valence-corrected chi connectivity index (χ0v) is 13.5. The Kier molecular flexibility index (Phi) is 7.96. The lowest BCUT2D eigenvalue weighted by molar-refractivity contribution is 0.0123. The standard InChI is InChI=1S/C16H32N2O3/c1-2-20-14-16(19)13-18-7-4-15(5-8-18)3-6-17-9-11-21-12-10-17/h15-16,19H,2-14H2,1H3/t16-/m1/s1. The Morgan fingerprint density at radius 1 is 1.14 bits per heavy atom. The van der Waals surface area contributed by atoms with Gasteiger partial charge in [0, 0.05) is 26.2 Å². The largest absolute Gasteiger partial charge is 0.389 e. The molecule has 0 aliphatic carbocycles. The van der Waals surface area contributed by atoms with Crippen LogP contribution in [0.5, 0.6) is 0 Å². The lowest BCUT2D eigenvalue weighted by Crippen LogP contribution is -2.41. The molecule has 2 fully saturated rings. The van der Waals surface area contributed by atoms with E-state index in [-0.39, 0.29) is 6.10 Å². The summed E-state index contributed by atoms with van der Waals surface area (Å²) in [5, 5.41) is 9.89. The number of ether oxygens (including phenoxy) is 2. The highest BCUT2D eigenvalue weighted by Gasteiger charge is 2.22. The van der Waals surface area contributed by atoms with Gasteiger partial charge in [-0.2, -0.15) is 0 Å². The summed E-state index contributed by atoms with van der Waals surface area (Å²) in [5.74, 6) is 0.855. The van der Waals surface area contributed by atoms with Gasteiger partial charge in [-0.15, -0.1) is 0 Å². The topological polar surface area (TPSA) is 45.2 Å². The first-order valence-corrected chi connectivity index (χ1v) is 8.56. The van der Waals surface area contributed by atoms with E-state index in [1.54, 1.807) is 0 Å². The van der Waals surface area contributed by atoms with Crippen LogP contribution in [0.1, 0.15) is 26.2 Å². The van der Waals surface area contributed by atoms with Crippen molar-refractivity contribution in [3.63, 3.8) is 0 Å². The summed E-state index contributed by atoms with van der Waals surface area (Å²) in [6.45, 7) is 11.3. The van der Waals surface area contributed by atoms with Crippen LogP contribution < -0.4 is 0 Å². The number of piperidine rings is 1. The average molecular weight is 300 g/mol. The molecule has 0 amide bonds. The van der Waals surface area contributed by atoms with Crippen molar-refractivity contribution in [2.24, 2.45) is 5.92 Å². The van der Waals surface area contributed by atoms with E-state index in [0.717, 1.165) is 51.9 Å². The van der Waals surface area contributed by atoms with Crippen molar-refractivity contribution in [1.82, 2.24) is 9.80 Å². The Bertz CT molecular complexity index is 264. The van der Waals surface area contributed by atoms with Crippen molar-refractivity contribution < 1.29 is 14.6 Å². The molecule has 0 unspecified atom stereocenters. The molecule has 2 saturated heterocycles. The van der Waals surface area contributed by atoms with Crippen LogP contribution in [-0.4, -0.2) is 86.7 Å². The van der Waals surface area contributed by atoms with Crippen molar-refractivity contribution in [2.45, 2.75) is 32.3 Å². The summed E-state index contributed by atoms with van der Waals surface area (Å²) in [6, 6.07) is 0. The van der Waals surface area contributed by atoms with Gasteiger partial charge in [0.1, 0.15) is 0 Å². The van der Waals surface area contributed by atoms with Gasteiger partial charge in [-0.05, 0) is 51.7 Å². The van der Waals surface area contributed by atoms with E-state index in [1.165, 1.54) is 25.8 Å². The lowest BCUT2D eigenvalue weighted by Gasteiger charge is -2.34. The van der Waals surface area contributed by atoms with Gasteiger partial charge in [0.15, 0.2) is 0 Å². The molecular weight excluding hydrogens is 268 g/mol. The molecule has 2 aliphatic heterocycles. The summed E-state index contributed by atoms with van der Waals surface area (Å²) in [5.41, 5.74) is 0. The van der Waals surface area contributed by atoms with Gasteiger partial charge < -0.3 is 19.5 Å². The molecule has 2 aliphatic rings. The number of nitrogens with zero attached hydrogens (tertiary/aromatic N) is 2. The van der Waals surface area contributed by atoms with Gasteiger partial charge in [0.05, 0.1) is 25.9 Å². The van der Waals surface area contributed by atoms with Crippen LogP contribution in [0.2, 0.25) is 0 Å². The molecule has 0 saturated carbocycles. The van der Waals surface area contributed by atoms with E-state index in [9.17, 15) is 5.11 Å². The summed E-state index contributed by atoms with van der Waals surface area (Å²) < 4.78 is 10.7. The molecule has 0 radical (unpaired) electrons. The normalized spacial score (nSPS) is 24.3. The molecule has 0 bridgehead atoms. The van der Waals surface area contributed by atoms with Crippen LogP contribution in [0.4, 0.5) is 0 Å². The van der Waals surface area contributed by atoms with Crippen molar-refractivity contribution in [3.8, 4) is 0 Å². The Labute approximate surface area is 129 Å². The van der Waals surface area contributed by atoms with Gasteiger partial charge in [0.2, 0.25) is 0 Å². The van der Waals surface area contributed by atoms with Crippen molar-refractivity contribution in [3.05, 3.63) is 0 Å².